The lowest BCUT2D eigenvalue weighted by molar-refractivity contribution is -0.122. The predicted molar refractivity (Wildman–Crippen MR) is 77.2 cm³/mol. The van der Waals surface area contributed by atoms with Gasteiger partial charge in [0.05, 0.1) is 0 Å². The van der Waals surface area contributed by atoms with Crippen molar-refractivity contribution in [1.82, 2.24) is 14.9 Å². The number of rotatable bonds is 4. The monoisotopic (exact) mass is 287 g/mol. The number of nitrogens with zero attached hydrogens (tertiary/aromatic N) is 2. The fraction of sp³-hybridized carbons (Fsp3) is 0.375. The van der Waals surface area contributed by atoms with Gasteiger partial charge in [0.25, 0.3) is 0 Å². The molecule has 0 aliphatic carbocycles. The zero-order chi connectivity index (χ0) is 14.7. The van der Waals surface area contributed by atoms with Crippen LogP contribution in [0.25, 0.3) is 0 Å². The summed E-state index contributed by atoms with van der Waals surface area (Å²) in [6.07, 6.45) is 6.50. The van der Waals surface area contributed by atoms with E-state index < -0.39 is 0 Å². The maximum Gasteiger partial charge on any atom is 0.220 e. The number of aromatic nitrogens is 2. The average molecular weight is 287 g/mol. The van der Waals surface area contributed by atoms with E-state index in [1.165, 1.54) is 12.1 Å². The highest BCUT2D eigenvalue weighted by Crippen LogP contribution is 2.13. The van der Waals surface area contributed by atoms with E-state index in [1.54, 1.807) is 12.3 Å². The van der Waals surface area contributed by atoms with Crippen LogP contribution >= 0.6 is 0 Å². The lowest BCUT2D eigenvalue weighted by atomic mass is 10.1. The molecule has 0 spiro atoms. The van der Waals surface area contributed by atoms with E-state index in [0.717, 1.165) is 30.8 Å². The van der Waals surface area contributed by atoms with Crippen molar-refractivity contribution in [2.24, 2.45) is 0 Å². The largest absolute Gasteiger partial charge is 0.352 e. The SMILES string of the molecule is O=C(CCc1cccc(F)c1)N[C@H]1CCc2nccn2C1. The molecule has 3 rings (SSSR count). The Hall–Kier alpha value is -2.17. The third-order valence-electron chi connectivity index (χ3n) is 3.83. The predicted octanol–water partition coefficient (Wildman–Crippen LogP) is 2.09. The minimum Gasteiger partial charge on any atom is -0.352 e. The van der Waals surface area contributed by atoms with Crippen LogP contribution < -0.4 is 5.32 Å². The summed E-state index contributed by atoms with van der Waals surface area (Å²) in [5, 5.41) is 3.05. The molecule has 2 heterocycles. The fourth-order valence-electron chi connectivity index (χ4n) is 2.73. The summed E-state index contributed by atoms with van der Waals surface area (Å²) < 4.78 is 15.1. The molecule has 0 fully saturated rings. The van der Waals surface area contributed by atoms with Crippen LogP contribution in [0.2, 0.25) is 0 Å². The van der Waals surface area contributed by atoms with Crippen molar-refractivity contribution < 1.29 is 9.18 Å². The molecule has 1 amide bonds. The standard InChI is InChI=1S/C16H18FN3O/c17-13-3-1-2-12(10-13)4-7-16(21)19-14-5-6-15-18-8-9-20(15)11-14/h1-3,8-10,14H,4-7,11H2,(H,19,21)/t14-/m0/s1. The van der Waals surface area contributed by atoms with Crippen LogP contribution in [0.1, 0.15) is 24.2 Å². The number of aryl methyl sites for hydroxylation is 2. The topological polar surface area (TPSA) is 46.9 Å². The quantitative estimate of drug-likeness (QED) is 0.936. The highest BCUT2D eigenvalue weighted by Gasteiger charge is 2.20. The second-order valence-corrected chi connectivity index (χ2v) is 5.43. The maximum atomic E-state index is 13.1. The Morgan fingerprint density at radius 1 is 1.48 bits per heavy atom. The lowest BCUT2D eigenvalue weighted by Gasteiger charge is -2.24. The molecule has 21 heavy (non-hydrogen) atoms. The number of halogens is 1. The molecule has 1 atom stereocenters. The number of carbonyl (C=O) groups is 1. The number of amides is 1. The third kappa shape index (κ3) is 3.48. The van der Waals surface area contributed by atoms with Crippen molar-refractivity contribution in [2.45, 2.75) is 38.3 Å². The Balaban J connectivity index is 1.49. The molecule has 4 nitrogen and oxygen atoms in total. The summed E-state index contributed by atoms with van der Waals surface area (Å²) in [6.45, 7) is 0.779. The molecule has 0 radical (unpaired) electrons. The van der Waals surface area contributed by atoms with Crippen LogP contribution in [-0.4, -0.2) is 21.5 Å². The maximum absolute atomic E-state index is 13.1. The number of fused-ring (bicyclic) bond motifs is 1. The number of imidazole rings is 1. The molecule has 1 aliphatic rings. The minimum atomic E-state index is -0.257. The number of hydrogen-bond donors (Lipinski definition) is 1. The zero-order valence-corrected chi connectivity index (χ0v) is 11.8. The first-order chi connectivity index (χ1) is 10.2. The van der Waals surface area contributed by atoms with E-state index in [1.807, 2.05) is 12.3 Å². The summed E-state index contributed by atoms with van der Waals surface area (Å²) >= 11 is 0. The average Bonchev–Trinajstić information content (AvgIpc) is 2.93. The van der Waals surface area contributed by atoms with Crippen LogP contribution in [0.5, 0.6) is 0 Å². The minimum absolute atomic E-state index is 0.0211. The lowest BCUT2D eigenvalue weighted by Crippen LogP contribution is -2.40. The smallest absolute Gasteiger partial charge is 0.220 e. The second kappa shape index (κ2) is 6.08. The molecule has 1 aromatic carbocycles. The van der Waals surface area contributed by atoms with Gasteiger partial charge in [0.2, 0.25) is 5.91 Å². The Labute approximate surface area is 123 Å². The van der Waals surface area contributed by atoms with Gasteiger partial charge in [0, 0.05) is 37.8 Å². The van der Waals surface area contributed by atoms with Crippen LogP contribution in [-0.2, 0) is 24.2 Å². The van der Waals surface area contributed by atoms with Gasteiger partial charge in [0.15, 0.2) is 0 Å². The van der Waals surface area contributed by atoms with Crippen molar-refractivity contribution >= 4 is 5.91 Å². The molecule has 1 aliphatic heterocycles. The summed E-state index contributed by atoms with van der Waals surface area (Å²) in [4.78, 5) is 16.3. The highest BCUT2D eigenvalue weighted by atomic mass is 19.1. The molecule has 0 saturated carbocycles. The Kier molecular flexibility index (Phi) is 3.99. The summed E-state index contributed by atoms with van der Waals surface area (Å²) in [6, 6.07) is 6.56. The molecule has 0 unspecified atom stereocenters. The molecule has 2 aromatic rings. The van der Waals surface area contributed by atoms with E-state index in [-0.39, 0.29) is 17.8 Å². The first-order valence-corrected chi connectivity index (χ1v) is 7.24. The van der Waals surface area contributed by atoms with E-state index in [0.29, 0.717) is 12.8 Å². The van der Waals surface area contributed by atoms with Gasteiger partial charge in [0.1, 0.15) is 11.6 Å². The normalized spacial score (nSPS) is 17.3. The molecule has 1 N–H and O–H groups in total. The van der Waals surface area contributed by atoms with Crippen LogP contribution in [0.15, 0.2) is 36.7 Å². The Morgan fingerprint density at radius 3 is 3.24 bits per heavy atom. The first kappa shape index (κ1) is 13.8. The van der Waals surface area contributed by atoms with Crippen molar-refractivity contribution in [3.05, 3.63) is 53.9 Å². The molecule has 1 aromatic heterocycles. The molecule has 110 valence electrons. The summed E-state index contributed by atoms with van der Waals surface area (Å²) in [5.74, 6) is 0.848. The van der Waals surface area contributed by atoms with E-state index >= 15 is 0 Å². The molecule has 0 saturated heterocycles. The van der Waals surface area contributed by atoms with Gasteiger partial charge in [-0.1, -0.05) is 12.1 Å². The van der Waals surface area contributed by atoms with Gasteiger partial charge in [-0.05, 0) is 30.5 Å². The van der Waals surface area contributed by atoms with Gasteiger partial charge in [-0.3, -0.25) is 4.79 Å². The van der Waals surface area contributed by atoms with Crippen molar-refractivity contribution in [3.8, 4) is 0 Å². The number of hydrogen-bond acceptors (Lipinski definition) is 2. The van der Waals surface area contributed by atoms with Gasteiger partial charge >= 0.3 is 0 Å². The van der Waals surface area contributed by atoms with E-state index in [9.17, 15) is 9.18 Å². The molecular weight excluding hydrogens is 269 g/mol. The van der Waals surface area contributed by atoms with Crippen LogP contribution in [0, 0.1) is 5.82 Å². The summed E-state index contributed by atoms with van der Waals surface area (Å²) in [7, 11) is 0. The number of benzene rings is 1. The fourth-order valence-corrected chi connectivity index (χ4v) is 2.73. The third-order valence-corrected chi connectivity index (χ3v) is 3.83. The van der Waals surface area contributed by atoms with E-state index in [4.69, 9.17) is 0 Å². The van der Waals surface area contributed by atoms with Gasteiger partial charge in [-0.15, -0.1) is 0 Å². The summed E-state index contributed by atoms with van der Waals surface area (Å²) in [5.41, 5.74) is 0.852. The van der Waals surface area contributed by atoms with Gasteiger partial charge in [-0.2, -0.15) is 0 Å². The van der Waals surface area contributed by atoms with Crippen LogP contribution in [0.3, 0.4) is 0 Å². The van der Waals surface area contributed by atoms with Crippen molar-refractivity contribution in [3.63, 3.8) is 0 Å². The Morgan fingerprint density at radius 2 is 2.38 bits per heavy atom. The van der Waals surface area contributed by atoms with E-state index in [2.05, 4.69) is 14.9 Å². The van der Waals surface area contributed by atoms with Crippen molar-refractivity contribution in [1.29, 1.82) is 0 Å². The molecule has 5 heteroatoms. The van der Waals surface area contributed by atoms with Gasteiger partial charge in [-0.25, -0.2) is 9.37 Å². The zero-order valence-electron chi connectivity index (χ0n) is 11.8. The van der Waals surface area contributed by atoms with Crippen LogP contribution in [0.4, 0.5) is 4.39 Å². The number of nitrogens with one attached hydrogen (secondary N) is 1. The number of carbonyl (C=O) groups excluding carboxylic acids is 1. The van der Waals surface area contributed by atoms with Crippen molar-refractivity contribution in [2.75, 3.05) is 0 Å². The highest BCUT2D eigenvalue weighted by molar-refractivity contribution is 5.76. The molecule has 0 bridgehead atoms. The van der Waals surface area contributed by atoms with Gasteiger partial charge < -0.3 is 9.88 Å². The molecular formula is C16H18FN3O. The first-order valence-electron chi connectivity index (χ1n) is 7.24. The Bertz CT molecular complexity index is 638. The second-order valence-electron chi connectivity index (χ2n) is 5.43.